The molecule has 25 heavy (non-hydrogen) atoms. The first-order valence-electron chi connectivity index (χ1n) is 9.77. The first-order chi connectivity index (χ1) is 12.3. The van der Waals surface area contributed by atoms with Crippen molar-refractivity contribution < 1.29 is 4.74 Å². The van der Waals surface area contributed by atoms with E-state index in [1.807, 2.05) is 6.07 Å². The molecule has 0 atom stereocenters. The van der Waals surface area contributed by atoms with Gasteiger partial charge >= 0.3 is 0 Å². The smallest absolute Gasteiger partial charge is 0.119 e. The maximum Gasteiger partial charge on any atom is 0.119 e. The minimum atomic E-state index is 0.561. The average Bonchev–Trinajstić information content (AvgIpc) is 2.68. The third-order valence-corrected chi connectivity index (χ3v) is 5.85. The second-order valence-corrected chi connectivity index (χ2v) is 7.36. The van der Waals surface area contributed by atoms with Crippen molar-refractivity contribution in [2.45, 2.75) is 51.5 Å². The maximum absolute atomic E-state index is 5.48. The molecule has 4 heteroatoms. The summed E-state index contributed by atoms with van der Waals surface area (Å²) in [6, 6.07) is 6.84. The van der Waals surface area contributed by atoms with E-state index in [1.54, 1.807) is 7.11 Å². The molecule has 1 aromatic heterocycles. The van der Waals surface area contributed by atoms with Gasteiger partial charge in [-0.25, -0.2) is 0 Å². The molecular weight excluding hydrogens is 310 g/mol. The summed E-state index contributed by atoms with van der Waals surface area (Å²) >= 11 is 0. The van der Waals surface area contributed by atoms with Crippen LogP contribution in [0.3, 0.4) is 0 Å². The van der Waals surface area contributed by atoms with Crippen LogP contribution in [0.15, 0.2) is 18.2 Å². The number of ether oxygens (including phenoxy) is 1. The molecule has 1 aliphatic heterocycles. The predicted octanol–water partition coefficient (Wildman–Crippen LogP) is 4.02. The van der Waals surface area contributed by atoms with Crippen molar-refractivity contribution in [3.63, 3.8) is 0 Å². The lowest BCUT2D eigenvalue weighted by Gasteiger charge is -2.33. The quantitative estimate of drug-likeness (QED) is 0.913. The van der Waals surface area contributed by atoms with E-state index in [0.29, 0.717) is 6.04 Å². The van der Waals surface area contributed by atoms with Crippen LogP contribution in [0, 0.1) is 0 Å². The van der Waals surface area contributed by atoms with E-state index in [1.165, 1.54) is 61.1 Å². The number of hydrogen-bond donors (Lipinski definition) is 1. The van der Waals surface area contributed by atoms with Crippen LogP contribution in [0.5, 0.6) is 5.75 Å². The third kappa shape index (κ3) is 3.32. The molecule has 0 spiro atoms. The fourth-order valence-corrected chi connectivity index (χ4v) is 4.29. The predicted molar refractivity (Wildman–Crippen MR) is 104 cm³/mol. The molecule has 1 saturated heterocycles. The van der Waals surface area contributed by atoms with E-state index in [2.05, 4.69) is 29.3 Å². The van der Waals surface area contributed by atoms with Gasteiger partial charge in [0, 0.05) is 35.9 Å². The van der Waals surface area contributed by atoms with E-state index in [4.69, 9.17) is 9.72 Å². The molecule has 2 heterocycles. The number of benzene rings is 1. The van der Waals surface area contributed by atoms with Crippen LogP contribution < -0.4 is 10.1 Å². The number of rotatable bonds is 4. The Balaban J connectivity index is 1.72. The normalized spacial score (nSPS) is 19.0. The molecular formula is C21H29N3O. The highest BCUT2D eigenvalue weighted by Gasteiger charge is 2.23. The fourth-order valence-electron chi connectivity index (χ4n) is 4.29. The lowest BCUT2D eigenvalue weighted by atomic mass is 9.92. The van der Waals surface area contributed by atoms with Crippen molar-refractivity contribution in [2.75, 3.05) is 32.1 Å². The van der Waals surface area contributed by atoms with Gasteiger partial charge in [-0.2, -0.15) is 0 Å². The summed E-state index contributed by atoms with van der Waals surface area (Å²) in [5, 5.41) is 5.15. The SMILES string of the molecule is CCN1CCC(Nc2c3c(nc4ccc(OC)cc24)CCCC3)CC1. The number of aryl methyl sites for hydroxylation is 1. The van der Waals surface area contributed by atoms with Crippen LogP contribution in [0.1, 0.15) is 43.9 Å². The molecule has 4 nitrogen and oxygen atoms in total. The van der Waals surface area contributed by atoms with Gasteiger partial charge in [0.1, 0.15) is 5.75 Å². The Bertz CT molecular complexity index is 750. The molecule has 0 unspecified atom stereocenters. The lowest BCUT2D eigenvalue weighted by molar-refractivity contribution is 0.229. The molecule has 0 radical (unpaired) electrons. The van der Waals surface area contributed by atoms with Crippen LogP contribution >= 0.6 is 0 Å². The van der Waals surface area contributed by atoms with Crippen LogP contribution in [0.4, 0.5) is 5.69 Å². The summed E-state index contributed by atoms with van der Waals surface area (Å²) in [7, 11) is 1.74. The van der Waals surface area contributed by atoms with Gasteiger partial charge < -0.3 is 15.0 Å². The average molecular weight is 339 g/mol. The Kier molecular flexibility index (Phi) is 4.80. The van der Waals surface area contributed by atoms with Crippen molar-refractivity contribution in [1.29, 1.82) is 0 Å². The number of aromatic nitrogens is 1. The zero-order chi connectivity index (χ0) is 17.2. The molecule has 1 fully saturated rings. The largest absolute Gasteiger partial charge is 0.497 e. The first-order valence-corrected chi connectivity index (χ1v) is 9.77. The molecule has 0 saturated carbocycles. The van der Waals surface area contributed by atoms with Crippen LogP contribution in [-0.2, 0) is 12.8 Å². The second kappa shape index (κ2) is 7.20. The molecule has 4 rings (SSSR count). The number of nitrogens with zero attached hydrogens (tertiary/aromatic N) is 2. The summed E-state index contributed by atoms with van der Waals surface area (Å²) in [5.41, 5.74) is 5.17. The highest BCUT2D eigenvalue weighted by atomic mass is 16.5. The highest BCUT2D eigenvalue weighted by molar-refractivity contribution is 5.94. The zero-order valence-corrected chi connectivity index (χ0v) is 15.5. The summed E-state index contributed by atoms with van der Waals surface area (Å²) in [4.78, 5) is 7.51. The Morgan fingerprint density at radius 1 is 1.20 bits per heavy atom. The molecule has 1 aromatic carbocycles. The van der Waals surface area contributed by atoms with Gasteiger partial charge in [-0.3, -0.25) is 4.98 Å². The standard InChI is InChI=1S/C21H29N3O/c1-3-24-12-10-15(11-13-24)22-21-17-6-4-5-7-19(17)23-20-9-8-16(25-2)14-18(20)21/h8-9,14-15H,3-7,10-13H2,1-2H3,(H,22,23). The van der Waals surface area contributed by atoms with E-state index in [-0.39, 0.29) is 0 Å². The van der Waals surface area contributed by atoms with Gasteiger partial charge in [0.2, 0.25) is 0 Å². The third-order valence-electron chi connectivity index (χ3n) is 5.85. The number of hydrogen-bond acceptors (Lipinski definition) is 4. The van der Waals surface area contributed by atoms with Crippen LogP contribution in [0.25, 0.3) is 10.9 Å². The summed E-state index contributed by atoms with van der Waals surface area (Å²) in [6.45, 7) is 5.82. The Morgan fingerprint density at radius 2 is 2.00 bits per heavy atom. The van der Waals surface area contributed by atoms with E-state index >= 15 is 0 Å². The molecule has 2 aromatic rings. The molecule has 0 bridgehead atoms. The van der Waals surface area contributed by atoms with Gasteiger partial charge in [-0.05, 0) is 68.8 Å². The Labute approximate surface area is 150 Å². The van der Waals surface area contributed by atoms with Gasteiger partial charge in [0.15, 0.2) is 0 Å². The number of likely N-dealkylation sites (tertiary alicyclic amines) is 1. The molecule has 0 amide bonds. The van der Waals surface area contributed by atoms with Crippen molar-refractivity contribution >= 4 is 16.6 Å². The first kappa shape index (κ1) is 16.6. The van der Waals surface area contributed by atoms with Gasteiger partial charge in [0.25, 0.3) is 0 Å². The highest BCUT2D eigenvalue weighted by Crippen LogP contribution is 2.36. The van der Waals surface area contributed by atoms with Gasteiger partial charge in [-0.1, -0.05) is 6.92 Å². The summed E-state index contributed by atoms with van der Waals surface area (Å²) < 4.78 is 5.48. The van der Waals surface area contributed by atoms with E-state index < -0.39 is 0 Å². The number of fused-ring (bicyclic) bond motifs is 2. The fraction of sp³-hybridized carbons (Fsp3) is 0.571. The van der Waals surface area contributed by atoms with Crippen molar-refractivity contribution in [3.05, 3.63) is 29.5 Å². The summed E-state index contributed by atoms with van der Waals surface area (Å²) in [6.07, 6.45) is 7.22. The van der Waals surface area contributed by atoms with E-state index in [0.717, 1.165) is 30.7 Å². The molecule has 1 N–H and O–H groups in total. The monoisotopic (exact) mass is 339 g/mol. The van der Waals surface area contributed by atoms with Crippen molar-refractivity contribution in [2.24, 2.45) is 0 Å². The number of nitrogens with one attached hydrogen (secondary N) is 1. The van der Waals surface area contributed by atoms with Gasteiger partial charge in [-0.15, -0.1) is 0 Å². The molecule has 134 valence electrons. The maximum atomic E-state index is 5.48. The number of anilines is 1. The Morgan fingerprint density at radius 3 is 2.76 bits per heavy atom. The number of pyridine rings is 1. The van der Waals surface area contributed by atoms with Crippen molar-refractivity contribution in [1.82, 2.24) is 9.88 Å². The minimum Gasteiger partial charge on any atom is -0.497 e. The Hall–Kier alpha value is -1.81. The second-order valence-electron chi connectivity index (χ2n) is 7.36. The molecule has 1 aliphatic carbocycles. The van der Waals surface area contributed by atoms with Crippen LogP contribution in [-0.4, -0.2) is 42.7 Å². The zero-order valence-electron chi connectivity index (χ0n) is 15.5. The number of methoxy groups -OCH3 is 1. The summed E-state index contributed by atoms with van der Waals surface area (Å²) in [5.74, 6) is 0.911. The minimum absolute atomic E-state index is 0.561. The van der Waals surface area contributed by atoms with Crippen LogP contribution in [0.2, 0.25) is 0 Å². The number of piperidine rings is 1. The van der Waals surface area contributed by atoms with Crippen molar-refractivity contribution in [3.8, 4) is 5.75 Å². The topological polar surface area (TPSA) is 37.4 Å². The lowest BCUT2D eigenvalue weighted by Crippen LogP contribution is -2.39. The molecule has 2 aliphatic rings. The van der Waals surface area contributed by atoms with Gasteiger partial charge in [0.05, 0.1) is 12.6 Å². The van der Waals surface area contributed by atoms with E-state index in [9.17, 15) is 0 Å².